The van der Waals surface area contributed by atoms with Crippen LogP contribution in [0.15, 0.2) is 11.8 Å². The maximum atomic E-state index is 11.9. The zero-order chi connectivity index (χ0) is 14.6. The lowest BCUT2D eigenvalue weighted by Gasteiger charge is -2.32. The van der Waals surface area contributed by atoms with Crippen molar-refractivity contribution in [2.24, 2.45) is 0 Å². The molecule has 6 heteroatoms. The Morgan fingerprint density at radius 2 is 2.05 bits per heavy atom. The van der Waals surface area contributed by atoms with Gasteiger partial charge in [0.1, 0.15) is 5.70 Å². The highest BCUT2D eigenvalue weighted by molar-refractivity contribution is 6.00. The van der Waals surface area contributed by atoms with Crippen molar-refractivity contribution in [2.75, 3.05) is 13.7 Å². The van der Waals surface area contributed by atoms with Gasteiger partial charge in [0.25, 0.3) is 0 Å². The van der Waals surface area contributed by atoms with Gasteiger partial charge in [-0.1, -0.05) is 0 Å². The van der Waals surface area contributed by atoms with Gasteiger partial charge in [-0.15, -0.1) is 0 Å². The van der Waals surface area contributed by atoms with E-state index in [1.807, 2.05) is 13.8 Å². The molecule has 0 aromatic heterocycles. The third-order valence-corrected chi connectivity index (χ3v) is 2.99. The van der Waals surface area contributed by atoms with Crippen LogP contribution in [0.2, 0.25) is 0 Å². The van der Waals surface area contributed by atoms with Gasteiger partial charge in [-0.05, 0) is 27.2 Å². The molecule has 1 aliphatic heterocycles. The first-order chi connectivity index (χ1) is 8.83. The second-order valence-corrected chi connectivity index (χ2v) is 4.81. The summed E-state index contributed by atoms with van der Waals surface area (Å²) in [5, 5.41) is 0. The van der Waals surface area contributed by atoms with E-state index in [1.54, 1.807) is 6.92 Å². The zero-order valence-electron chi connectivity index (χ0n) is 11.7. The Morgan fingerprint density at radius 1 is 1.42 bits per heavy atom. The van der Waals surface area contributed by atoms with Crippen molar-refractivity contribution in [3.63, 3.8) is 0 Å². The summed E-state index contributed by atoms with van der Waals surface area (Å²) in [4.78, 5) is 36.5. The second-order valence-electron chi connectivity index (χ2n) is 4.81. The van der Waals surface area contributed by atoms with Gasteiger partial charge in [-0.3, -0.25) is 4.79 Å². The van der Waals surface area contributed by atoms with E-state index in [0.717, 1.165) is 6.08 Å². The first kappa shape index (κ1) is 15.2. The lowest BCUT2D eigenvalue weighted by Crippen LogP contribution is -2.43. The molecule has 0 aromatic carbocycles. The molecule has 1 rings (SSSR count). The normalized spacial score (nSPS) is 18.4. The highest BCUT2D eigenvalue weighted by atomic mass is 16.5. The minimum Gasteiger partial charge on any atom is -0.466 e. The van der Waals surface area contributed by atoms with Crippen LogP contribution in [0, 0.1) is 0 Å². The number of ether oxygens (including phenoxy) is 2. The van der Waals surface area contributed by atoms with Gasteiger partial charge < -0.3 is 14.4 Å². The quantitative estimate of drug-likeness (QED) is 0.562. The summed E-state index contributed by atoms with van der Waals surface area (Å²) >= 11 is 0. The fraction of sp³-hybridized carbons (Fsp3) is 0.615. The third kappa shape index (κ3) is 3.33. The van der Waals surface area contributed by atoms with E-state index < -0.39 is 17.5 Å². The van der Waals surface area contributed by atoms with Crippen molar-refractivity contribution < 1.29 is 23.9 Å². The van der Waals surface area contributed by atoms with Crippen LogP contribution in [0.1, 0.15) is 33.6 Å². The van der Waals surface area contributed by atoms with Crippen LogP contribution in [0.3, 0.4) is 0 Å². The van der Waals surface area contributed by atoms with Crippen molar-refractivity contribution in [2.45, 2.75) is 39.2 Å². The summed E-state index contributed by atoms with van der Waals surface area (Å²) in [5.41, 5.74) is -0.592. The molecule has 1 fully saturated rings. The smallest absolute Gasteiger partial charge is 0.355 e. The van der Waals surface area contributed by atoms with Crippen LogP contribution in [-0.2, 0) is 23.9 Å². The van der Waals surface area contributed by atoms with Crippen molar-refractivity contribution in [1.29, 1.82) is 0 Å². The predicted octanol–water partition coefficient (Wildman–Crippen LogP) is 1.01. The van der Waals surface area contributed by atoms with Crippen molar-refractivity contribution in [3.8, 4) is 0 Å². The minimum atomic E-state index is -0.698. The molecule has 0 aliphatic carbocycles. The molecule has 106 valence electrons. The number of carbonyl (C=O) groups is 3. The van der Waals surface area contributed by atoms with Crippen LogP contribution in [0.4, 0.5) is 0 Å². The predicted molar refractivity (Wildman–Crippen MR) is 66.9 cm³/mol. The molecule has 0 atom stereocenters. The molecule has 1 amide bonds. The maximum absolute atomic E-state index is 11.9. The van der Waals surface area contributed by atoms with E-state index >= 15 is 0 Å². The average Bonchev–Trinajstić information content (AvgIpc) is 2.61. The monoisotopic (exact) mass is 269 g/mol. The number of methoxy groups -OCH3 is 1. The fourth-order valence-electron chi connectivity index (χ4n) is 2.02. The molecular formula is C13H19NO5. The number of hydrogen-bond donors (Lipinski definition) is 0. The number of amides is 1. The molecule has 0 aromatic rings. The molecule has 0 spiro atoms. The Hall–Kier alpha value is -1.85. The van der Waals surface area contributed by atoms with Crippen LogP contribution in [-0.4, -0.2) is 42.0 Å². The first-order valence-corrected chi connectivity index (χ1v) is 6.13. The SMILES string of the molecule is CCOC(=O)/C(=C/C(=O)OC)N1C(=O)CCC1(C)C. The topological polar surface area (TPSA) is 72.9 Å². The van der Waals surface area contributed by atoms with Crippen molar-refractivity contribution in [1.82, 2.24) is 4.90 Å². The van der Waals surface area contributed by atoms with Gasteiger partial charge in [0.2, 0.25) is 5.91 Å². The van der Waals surface area contributed by atoms with E-state index in [9.17, 15) is 14.4 Å². The van der Waals surface area contributed by atoms with E-state index in [4.69, 9.17) is 4.74 Å². The van der Waals surface area contributed by atoms with E-state index in [-0.39, 0.29) is 18.2 Å². The molecule has 0 unspecified atom stereocenters. The van der Waals surface area contributed by atoms with Crippen LogP contribution in [0.5, 0.6) is 0 Å². The Bertz CT molecular complexity index is 425. The average molecular weight is 269 g/mol. The van der Waals surface area contributed by atoms with Gasteiger partial charge in [0, 0.05) is 12.0 Å². The molecule has 19 heavy (non-hydrogen) atoms. The summed E-state index contributed by atoms with van der Waals surface area (Å²) in [5.74, 6) is -1.59. The van der Waals surface area contributed by atoms with Gasteiger partial charge >= 0.3 is 11.9 Å². The Kier molecular flexibility index (Phi) is 4.69. The van der Waals surface area contributed by atoms with Crippen molar-refractivity contribution >= 4 is 17.8 Å². The van der Waals surface area contributed by atoms with Crippen LogP contribution < -0.4 is 0 Å². The second kappa shape index (κ2) is 5.86. The Balaban J connectivity index is 3.16. The first-order valence-electron chi connectivity index (χ1n) is 6.13. The minimum absolute atomic E-state index is 0.0683. The molecule has 6 nitrogen and oxygen atoms in total. The Labute approximate surface area is 112 Å². The zero-order valence-corrected chi connectivity index (χ0v) is 11.7. The number of esters is 2. The lowest BCUT2D eigenvalue weighted by atomic mass is 10.0. The maximum Gasteiger partial charge on any atom is 0.355 e. The Morgan fingerprint density at radius 3 is 2.47 bits per heavy atom. The van der Waals surface area contributed by atoms with E-state index in [0.29, 0.717) is 12.8 Å². The largest absolute Gasteiger partial charge is 0.466 e. The summed E-state index contributed by atoms with van der Waals surface area (Å²) in [7, 11) is 1.21. The number of hydrogen-bond acceptors (Lipinski definition) is 5. The van der Waals surface area contributed by atoms with Crippen LogP contribution >= 0.6 is 0 Å². The number of likely N-dealkylation sites (tertiary alicyclic amines) is 1. The summed E-state index contributed by atoms with van der Waals surface area (Å²) < 4.78 is 9.41. The van der Waals surface area contributed by atoms with E-state index in [2.05, 4.69) is 4.74 Å². The lowest BCUT2D eigenvalue weighted by molar-refractivity contribution is -0.145. The molecular weight excluding hydrogens is 250 g/mol. The molecule has 1 saturated heterocycles. The summed E-state index contributed by atoms with van der Waals surface area (Å²) in [6, 6.07) is 0. The van der Waals surface area contributed by atoms with Gasteiger partial charge in [-0.2, -0.15) is 0 Å². The fourth-order valence-corrected chi connectivity index (χ4v) is 2.02. The molecule has 0 radical (unpaired) electrons. The number of nitrogens with zero attached hydrogens (tertiary/aromatic N) is 1. The molecule has 1 aliphatic rings. The number of carbonyl (C=O) groups excluding carboxylic acids is 3. The molecule has 0 N–H and O–H groups in total. The standard InChI is InChI=1S/C13H19NO5/c1-5-19-12(17)9(8-11(16)18-4)14-10(15)6-7-13(14,2)3/h8H,5-7H2,1-4H3/b9-8-. The molecule has 0 bridgehead atoms. The van der Waals surface area contributed by atoms with Gasteiger partial charge in [0.15, 0.2) is 0 Å². The van der Waals surface area contributed by atoms with Crippen LogP contribution in [0.25, 0.3) is 0 Å². The molecule has 0 saturated carbocycles. The highest BCUT2D eigenvalue weighted by Crippen LogP contribution is 2.33. The van der Waals surface area contributed by atoms with Gasteiger partial charge in [0.05, 0.1) is 19.8 Å². The van der Waals surface area contributed by atoms with E-state index in [1.165, 1.54) is 12.0 Å². The summed E-state index contributed by atoms with van der Waals surface area (Å²) in [6.07, 6.45) is 1.96. The number of rotatable bonds is 4. The van der Waals surface area contributed by atoms with Crippen molar-refractivity contribution in [3.05, 3.63) is 11.8 Å². The van der Waals surface area contributed by atoms with Gasteiger partial charge in [-0.25, -0.2) is 9.59 Å². The summed E-state index contributed by atoms with van der Waals surface area (Å²) in [6.45, 7) is 5.49. The highest BCUT2D eigenvalue weighted by Gasteiger charge is 2.42. The third-order valence-electron chi connectivity index (χ3n) is 2.99. The molecule has 1 heterocycles.